The Labute approximate surface area is 211 Å². The molecule has 5 rings (SSSR count). The molecule has 4 heterocycles. The zero-order valence-corrected chi connectivity index (χ0v) is 22.2. The van der Waals surface area contributed by atoms with E-state index < -0.39 is 27.1 Å². The summed E-state index contributed by atoms with van der Waals surface area (Å²) in [5, 5.41) is 0.547. The van der Waals surface area contributed by atoms with Crippen molar-refractivity contribution in [2.45, 2.75) is 43.1 Å². The van der Waals surface area contributed by atoms with Crippen LogP contribution >= 0.6 is 15.9 Å². The number of anilines is 1. The number of carbonyl (C=O) groups excluding carboxylic acids is 2. The smallest absolute Gasteiger partial charge is 0.410 e. The predicted octanol–water partition coefficient (Wildman–Crippen LogP) is 3.89. The van der Waals surface area contributed by atoms with Gasteiger partial charge in [-0.3, -0.25) is 4.79 Å². The van der Waals surface area contributed by atoms with Gasteiger partial charge in [-0.05, 0) is 55.3 Å². The summed E-state index contributed by atoms with van der Waals surface area (Å²) in [6.45, 7) is 5.87. The minimum atomic E-state index is -3.93. The molecular formula is C24H25BrN4O5S. The lowest BCUT2D eigenvalue weighted by Gasteiger charge is -2.26. The second-order valence-corrected chi connectivity index (χ2v) is 12.6. The molecule has 1 aromatic carbocycles. The minimum Gasteiger partial charge on any atom is -0.444 e. The van der Waals surface area contributed by atoms with E-state index in [1.54, 1.807) is 50.9 Å². The fourth-order valence-corrected chi connectivity index (χ4v) is 7.00. The van der Waals surface area contributed by atoms with Gasteiger partial charge in [0.1, 0.15) is 5.60 Å². The first-order valence-electron chi connectivity index (χ1n) is 11.1. The summed E-state index contributed by atoms with van der Waals surface area (Å²) < 4.78 is 34.1. The molecule has 9 nitrogen and oxygen atoms in total. The summed E-state index contributed by atoms with van der Waals surface area (Å²) in [5.74, 6) is -0.154. The van der Waals surface area contributed by atoms with Crippen LogP contribution in [0.1, 0.15) is 32.8 Å². The number of nitrogens with zero attached hydrogens (tertiary/aromatic N) is 4. The number of benzene rings is 1. The Bertz CT molecular complexity index is 1480. The third-order valence-electron chi connectivity index (χ3n) is 6.49. The minimum absolute atomic E-state index is 0.131. The van der Waals surface area contributed by atoms with Crippen molar-refractivity contribution in [1.29, 1.82) is 0 Å². The topological polar surface area (TPSA) is 102 Å². The van der Waals surface area contributed by atoms with Gasteiger partial charge in [-0.1, -0.05) is 18.2 Å². The quantitative estimate of drug-likeness (QED) is 0.471. The number of rotatable bonds is 2. The van der Waals surface area contributed by atoms with Crippen molar-refractivity contribution in [3.8, 4) is 0 Å². The molecule has 2 aromatic heterocycles. The van der Waals surface area contributed by atoms with Crippen LogP contribution in [0.15, 0.2) is 52.1 Å². The Morgan fingerprint density at radius 3 is 2.54 bits per heavy atom. The molecule has 2 amide bonds. The molecule has 2 aliphatic heterocycles. The maximum absolute atomic E-state index is 13.6. The maximum atomic E-state index is 13.6. The van der Waals surface area contributed by atoms with Crippen molar-refractivity contribution in [3.63, 3.8) is 0 Å². The van der Waals surface area contributed by atoms with Crippen molar-refractivity contribution in [3.05, 3.63) is 52.8 Å². The highest BCUT2D eigenvalue weighted by Gasteiger charge is 2.56. The Morgan fingerprint density at radius 1 is 1.20 bits per heavy atom. The standard InChI is InChI=1S/C24H25BrN4O5S/c1-23(2,3)34-22(31)28-11-10-24(14-28)19-17(27(4)21(24)30)12-26-20-18(19)16(25)13-29(20)35(32,33)15-8-6-5-7-9-15/h5-9,12-13H,10-11,14H2,1-4H3. The number of aromatic nitrogens is 2. The van der Waals surface area contributed by atoms with E-state index in [1.807, 2.05) is 0 Å². The molecule has 1 fully saturated rings. The van der Waals surface area contributed by atoms with Crippen molar-refractivity contribution >= 4 is 54.7 Å². The van der Waals surface area contributed by atoms with E-state index in [9.17, 15) is 18.0 Å². The molecular weight excluding hydrogens is 536 g/mol. The summed E-state index contributed by atoms with van der Waals surface area (Å²) in [6.07, 6.45) is 2.91. The van der Waals surface area contributed by atoms with Crippen molar-refractivity contribution in [1.82, 2.24) is 13.9 Å². The summed E-state index contributed by atoms with van der Waals surface area (Å²) in [4.78, 5) is 34.1. The van der Waals surface area contributed by atoms with Crippen LogP contribution in [0.25, 0.3) is 11.0 Å². The van der Waals surface area contributed by atoms with Crippen molar-refractivity contribution in [2.75, 3.05) is 25.0 Å². The molecule has 1 unspecified atom stereocenters. The van der Waals surface area contributed by atoms with E-state index in [4.69, 9.17) is 4.74 Å². The number of carbonyl (C=O) groups is 2. The number of hydrogen-bond acceptors (Lipinski definition) is 6. The van der Waals surface area contributed by atoms with Crippen LogP contribution in [0.4, 0.5) is 10.5 Å². The number of ether oxygens (including phenoxy) is 1. The molecule has 3 aromatic rings. The van der Waals surface area contributed by atoms with E-state index in [1.165, 1.54) is 29.4 Å². The first kappa shape index (κ1) is 23.8. The Balaban J connectivity index is 1.67. The molecule has 0 bridgehead atoms. The number of likely N-dealkylation sites (tertiary alicyclic amines) is 1. The second-order valence-electron chi connectivity index (χ2n) is 9.91. The lowest BCUT2D eigenvalue weighted by molar-refractivity contribution is -0.122. The Morgan fingerprint density at radius 2 is 1.89 bits per heavy atom. The molecule has 35 heavy (non-hydrogen) atoms. The molecule has 0 N–H and O–H groups in total. The number of pyridine rings is 1. The number of hydrogen-bond donors (Lipinski definition) is 0. The summed E-state index contributed by atoms with van der Waals surface area (Å²) in [7, 11) is -2.26. The normalized spacial score (nSPS) is 20.2. The van der Waals surface area contributed by atoms with Gasteiger partial charge in [-0.15, -0.1) is 0 Å². The van der Waals surface area contributed by atoms with Crippen molar-refractivity contribution in [2.24, 2.45) is 0 Å². The highest BCUT2D eigenvalue weighted by atomic mass is 79.9. The van der Waals surface area contributed by atoms with Crippen LogP contribution in [0.3, 0.4) is 0 Å². The van der Waals surface area contributed by atoms with E-state index >= 15 is 0 Å². The van der Waals surface area contributed by atoms with Gasteiger partial charge < -0.3 is 14.5 Å². The third kappa shape index (κ3) is 3.55. The molecule has 1 spiro atoms. The van der Waals surface area contributed by atoms with Crippen LogP contribution in [0.5, 0.6) is 0 Å². The van der Waals surface area contributed by atoms with Gasteiger partial charge in [0.05, 0.1) is 22.2 Å². The van der Waals surface area contributed by atoms with E-state index in [0.717, 1.165) is 3.97 Å². The average Bonchev–Trinajstić information content (AvgIpc) is 3.45. The van der Waals surface area contributed by atoms with Crippen LogP contribution in [-0.4, -0.2) is 60.0 Å². The first-order chi connectivity index (χ1) is 16.4. The molecule has 184 valence electrons. The zero-order chi connectivity index (χ0) is 25.3. The second kappa shape index (κ2) is 7.79. The van der Waals surface area contributed by atoms with Gasteiger partial charge in [-0.25, -0.2) is 22.2 Å². The third-order valence-corrected chi connectivity index (χ3v) is 8.76. The van der Waals surface area contributed by atoms with E-state index in [0.29, 0.717) is 34.1 Å². The number of fused-ring (bicyclic) bond motifs is 4. The predicted molar refractivity (Wildman–Crippen MR) is 134 cm³/mol. The van der Waals surface area contributed by atoms with Crippen LogP contribution < -0.4 is 4.90 Å². The maximum Gasteiger partial charge on any atom is 0.410 e. The fourth-order valence-electron chi connectivity index (χ4n) is 4.95. The number of likely N-dealkylation sites (N-methyl/N-ethyl adjacent to an activating group) is 1. The van der Waals surface area contributed by atoms with Crippen molar-refractivity contribution < 1.29 is 22.7 Å². The number of amides is 2. The van der Waals surface area contributed by atoms with Crippen LogP contribution in [0, 0.1) is 0 Å². The summed E-state index contributed by atoms with van der Waals surface area (Å²) in [5.41, 5.74) is -0.186. The average molecular weight is 561 g/mol. The molecule has 0 radical (unpaired) electrons. The van der Waals surface area contributed by atoms with Gasteiger partial charge in [0.25, 0.3) is 10.0 Å². The van der Waals surface area contributed by atoms with Gasteiger partial charge >= 0.3 is 6.09 Å². The molecule has 11 heteroatoms. The monoisotopic (exact) mass is 560 g/mol. The molecule has 1 atom stereocenters. The lowest BCUT2D eigenvalue weighted by atomic mass is 9.80. The number of halogens is 1. The molecule has 2 aliphatic rings. The highest BCUT2D eigenvalue weighted by molar-refractivity contribution is 9.10. The van der Waals surface area contributed by atoms with Gasteiger partial charge in [0.2, 0.25) is 5.91 Å². The lowest BCUT2D eigenvalue weighted by Crippen LogP contribution is -2.43. The van der Waals surface area contributed by atoms with E-state index in [2.05, 4.69) is 20.9 Å². The highest BCUT2D eigenvalue weighted by Crippen LogP contribution is 2.51. The first-order valence-corrected chi connectivity index (χ1v) is 13.4. The fraction of sp³-hybridized carbons (Fsp3) is 0.375. The molecule has 0 aliphatic carbocycles. The molecule has 1 saturated heterocycles. The zero-order valence-electron chi connectivity index (χ0n) is 19.8. The summed E-state index contributed by atoms with van der Waals surface area (Å²) >= 11 is 3.53. The summed E-state index contributed by atoms with van der Waals surface area (Å²) in [6, 6.07) is 8.11. The van der Waals surface area contributed by atoms with E-state index in [-0.39, 0.29) is 23.0 Å². The molecule has 0 saturated carbocycles. The van der Waals surface area contributed by atoms with Gasteiger partial charge in [-0.2, -0.15) is 0 Å². The largest absolute Gasteiger partial charge is 0.444 e. The Hall–Kier alpha value is -2.92. The van der Waals surface area contributed by atoms with Crippen LogP contribution in [0.2, 0.25) is 0 Å². The van der Waals surface area contributed by atoms with Gasteiger partial charge in [0.15, 0.2) is 5.65 Å². The van der Waals surface area contributed by atoms with Crippen LogP contribution in [-0.2, 0) is 25.0 Å². The van der Waals surface area contributed by atoms with Gasteiger partial charge in [0, 0.05) is 41.8 Å². The SMILES string of the molecule is CN1C(=O)C2(CCN(C(=O)OC(C)(C)C)C2)c2c1cnc1c2c(Br)cn1S(=O)(=O)c1ccccc1. The Kier molecular flexibility index (Phi) is 5.30.